The first-order valence-corrected chi connectivity index (χ1v) is 6.20. The second kappa shape index (κ2) is 6.05. The van der Waals surface area contributed by atoms with Gasteiger partial charge in [0.15, 0.2) is 0 Å². The molecule has 3 heteroatoms. The highest BCUT2D eigenvalue weighted by Gasteiger charge is 2.14. The van der Waals surface area contributed by atoms with Crippen molar-refractivity contribution in [3.05, 3.63) is 60.2 Å². The molecule has 0 spiro atoms. The minimum atomic E-state index is -0.240. The van der Waals surface area contributed by atoms with Gasteiger partial charge in [-0.1, -0.05) is 30.3 Å². The van der Waals surface area contributed by atoms with Crippen molar-refractivity contribution < 1.29 is 9.53 Å². The first kappa shape index (κ1) is 13.1. The van der Waals surface area contributed by atoms with E-state index < -0.39 is 0 Å². The van der Waals surface area contributed by atoms with Crippen LogP contribution in [-0.2, 0) is 9.53 Å². The Labute approximate surface area is 113 Å². The van der Waals surface area contributed by atoms with Crippen LogP contribution in [0.4, 0.5) is 11.4 Å². The number of hydrogen-bond acceptors (Lipinski definition) is 3. The van der Waals surface area contributed by atoms with Crippen LogP contribution in [0.25, 0.3) is 0 Å². The molecule has 0 fully saturated rings. The number of para-hydroxylation sites is 1. The summed E-state index contributed by atoms with van der Waals surface area (Å²) in [4.78, 5) is 11.5. The number of carbonyl (C=O) groups excluding carboxylic acids is 1. The van der Waals surface area contributed by atoms with E-state index in [1.807, 2.05) is 61.5 Å². The summed E-state index contributed by atoms with van der Waals surface area (Å²) < 4.78 is 4.74. The average molecular weight is 255 g/mol. The molecule has 2 aromatic carbocycles. The van der Waals surface area contributed by atoms with Gasteiger partial charge in [0, 0.05) is 11.4 Å². The van der Waals surface area contributed by atoms with Crippen LogP contribution in [-0.4, -0.2) is 13.1 Å². The number of anilines is 2. The lowest BCUT2D eigenvalue weighted by Gasteiger charge is -2.11. The monoisotopic (exact) mass is 255 g/mol. The van der Waals surface area contributed by atoms with Gasteiger partial charge < -0.3 is 10.1 Å². The molecule has 19 heavy (non-hydrogen) atoms. The minimum Gasteiger partial charge on any atom is -0.469 e. The van der Waals surface area contributed by atoms with E-state index >= 15 is 0 Å². The fourth-order valence-corrected chi connectivity index (χ4v) is 1.86. The van der Waals surface area contributed by atoms with Crippen LogP contribution >= 0.6 is 0 Å². The molecule has 0 heterocycles. The minimum absolute atomic E-state index is 0.219. The lowest BCUT2D eigenvalue weighted by atomic mass is 10.0. The molecule has 0 aromatic heterocycles. The van der Waals surface area contributed by atoms with Crippen LogP contribution in [0.2, 0.25) is 0 Å². The van der Waals surface area contributed by atoms with Crippen LogP contribution in [0.5, 0.6) is 0 Å². The fraction of sp³-hybridized carbons (Fsp3) is 0.188. The highest BCUT2D eigenvalue weighted by molar-refractivity contribution is 5.77. The standard InChI is InChI=1S/C16H17NO2/c1-12(16(18)19-2)13-8-10-15(11-9-13)17-14-6-4-3-5-7-14/h3-12,17H,1-2H3. The van der Waals surface area contributed by atoms with Crippen LogP contribution in [0.1, 0.15) is 18.4 Å². The summed E-state index contributed by atoms with van der Waals surface area (Å²) in [5.41, 5.74) is 2.98. The zero-order valence-corrected chi connectivity index (χ0v) is 11.1. The summed E-state index contributed by atoms with van der Waals surface area (Å²) in [6.45, 7) is 1.84. The van der Waals surface area contributed by atoms with E-state index in [0.29, 0.717) is 0 Å². The number of benzene rings is 2. The zero-order valence-electron chi connectivity index (χ0n) is 11.1. The van der Waals surface area contributed by atoms with Gasteiger partial charge in [0.05, 0.1) is 13.0 Å². The topological polar surface area (TPSA) is 38.3 Å². The second-order valence-electron chi connectivity index (χ2n) is 4.36. The van der Waals surface area contributed by atoms with Gasteiger partial charge in [0.2, 0.25) is 0 Å². The quantitative estimate of drug-likeness (QED) is 0.846. The van der Waals surface area contributed by atoms with Crippen molar-refractivity contribution in [2.45, 2.75) is 12.8 Å². The third kappa shape index (κ3) is 3.35. The molecular weight excluding hydrogens is 238 g/mol. The molecule has 98 valence electrons. The normalized spacial score (nSPS) is 11.7. The van der Waals surface area contributed by atoms with Gasteiger partial charge in [0.1, 0.15) is 0 Å². The molecule has 0 aliphatic heterocycles. The molecule has 0 bridgehead atoms. The first-order chi connectivity index (χ1) is 9.20. The number of esters is 1. The molecule has 2 rings (SSSR count). The lowest BCUT2D eigenvalue weighted by molar-refractivity contribution is -0.141. The third-order valence-corrected chi connectivity index (χ3v) is 3.03. The molecule has 3 nitrogen and oxygen atoms in total. The Morgan fingerprint density at radius 3 is 2.16 bits per heavy atom. The van der Waals surface area contributed by atoms with Crippen molar-refractivity contribution in [2.75, 3.05) is 12.4 Å². The molecule has 1 atom stereocenters. The summed E-state index contributed by atoms with van der Waals surface area (Å²) in [7, 11) is 1.41. The van der Waals surface area contributed by atoms with E-state index in [-0.39, 0.29) is 11.9 Å². The maximum atomic E-state index is 11.5. The number of nitrogens with one attached hydrogen (secondary N) is 1. The summed E-state index contributed by atoms with van der Waals surface area (Å²) >= 11 is 0. The van der Waals surface area contributed by atoms with Crippen LogP contribution in [0, 0.1) is 0 Å². The Kier molecular flexibility index (Phi) is 4.18. The van der Waals surface area contributed by atoms with Gasteiger partial charge in [-0.3, -0.25) is 4.79 Å². The van der Waals surface area contributed by atoms with Gasteiger partial charge in [0.25, 0.3) is 0 Å². The maximum Gasteiger partial charge on any atom is 0.312 e. The van der Waals surface area contributed by atoms with Crippen LogP contribution < -0.4 is 5.32 Å². The highest BCUT2D eigenvalue weighted by Crippen LogP contribution is 2.21. The van der Waals surface area contributed by atoms with Crippen molar-refractivity contribution in [1.82, 2.24) is 0 Å². The van der Waals surface area contributed by atoms with Crippen LogP contribution in [0.3, 0.4) is 0 Å². The SMILES string of the molecule is COC(=O)C(C)c1ccc(Nc2ccccc2)cc1. The predicted molar refractivity (Wildman–Crippen MR) is 76.6 cm³/mol. The predicted octanol–water partition coefficient (Wildman–Crippen LogP) is 3.71. The van der Waals surface area contributed by atoms with E-state index in [0.717, 1.165) is 16.9 Å². The molecular formula is C16H17NO2. The number of ether oxygens (including phenoxy) is 1. The highest BCUT2D eigenvalue weighted by atomic mass is 16.5. The van der Waals surface area contributed by atoms with E-state index in [9.17, 15) is 4.79 Å². The Hall–Kier alpha value is -2.29. The largest absolute Gasteiger partial charge is 0.469 e. The average Bonchev–Trinajstić information content (AvgIpc) is 2.47. The lowest BCUT2D eigenvalue weighted by Crippen LogP contribution is -2.10. The molecule has 2 aromatic rings. The summed E-state index contributed by atoms with van der Waals surface area (Å²) in [6, 6.07) is 17.7. The molecule has 0 saturated heterocycles. The number of hydrogen-bond donors (Lipinski definition) is 1. The Bertz CT molecular complexity index is 534. The Balaban J connectivity index is 2.08. The van der Waals surface area contributed by atoms with E-state index in [1.54, 1.807) is 0 Å². The van der Waals surface area contributed by atoms with Gasteiger partial charge in [-0.15, -0.1) is 0 Å². The van der Waals surface area contributed by atoms with Gasteiger partial charge >= 0.3 is 5.97 Å². The number of rotatable bonds is 4. The van der Waals surface area contributed by atoms with Crippen molar-refractivity contribution in [3.63, 3.8) is 0 Å². The van der Waals surface area contributed by atoms with Gasteiger partial charge in [-0.05, 0) is 36.8 Å². The Morgan fingerprint density at radius 1 is 1.00 bits per heavy atom. The van der Waals surface area contributed by atoms with Crippen molar-refractivity contribution in [3.8, 4) is 0 Å². The van der Waals surface area contributed by atoms with E-state index in [4.69, 9.17) is 4.74 Å². The molecule has 0 radical (unpaired) electrons. The smallest absolute Gasteiger partial charge is 0.312 e. The number of carbonyl (C=O) groups is 1. The second-order valence-corrected chi connectivity index (χ2v) is 4.36. The summed E-state index contributed by atoms with van der Waals surface area (Å²) in [6.07, 6.45) is 0. The van der Waals surface area contributed by atoms with Gasteiger partial charge in [-0.25, -0.2) is 0 Å². The van der Waals surface area contributed by atoms with Crippen molar-refractivity contribution >= 4 is 17.3 Å². The molecule has 0 saturated carbocycles. The summed E-state index contributed by atoms with van der Waals surface area (Å²) in [5.74, 6) is -0.459. The fourth-order valence-electron chi connectivity index (χ4n) is 1.86. The van der Waals surface area contributed by atoms with Crippen molar-refractivity contribution in [1.29, 1.82) is 0 Å². The molecule has 1 N–H and O–H groups in total. The first-order valence-electron chi connectivity index (χ1n) is 6.20. The maximum absolute atomic E-state index is 11.5. The Morgan fingerprint density at radius 2 is 1.58 bits per heavy atom. The van der Waals surface area contributed by atoms with E-state index in [2.05, 4.69) is 5.32 Å². The molecule has 0 aliphatic rings. The molecule has 0 amide bonds. The summed E-state index contributed by atoms with van der Waals surface area (Å²) in [5, 5.41) is 3.30. The molecule has 1 unspecified atom stereocenters. The van der Waals surface area contributed by atoms with Crippen LogP contribution in [0.15, 0.2) is 54.6 Å². The van der Waals surface area contributed by atoms with Gasteiger partial charge in [-0.2, -0.15) is 0 Å². The third-order valence-electron chi connectivity index (χ3n) is 3.03. The zero-order chi connectivity index (χ0) is 13.7. The van der Waals surface area contributed by atoms with E-state index in [1.165, 1.54) is 7.11 Å². The molecule has 0 aliphatic carbocycles. The number of methoxy groups -OCH3 is 1. The van der Waals surface area contributed by atoms with Crippen molar-refractivity contribution in [2.24, 2.45) is 0 Å².